The van der Waals surface area contributed by atoms with Crippen LogP contribution in [0.15, 0.2) is 78.9 Å². The Morgan fingerprint density at radius 3 is 2.17 bits per heavy atom. The van der Waals surface area contributed by atoms with E-state index in [-0.39, 0.29) is 5.41 Å². The monoisotopic (exact) mass is 398 g/mol. The summed E-state index contributed by atoms with van der Waals surface area (Å²) in [5.41, 5.74) is 4.65. The first-order valence-corrected chi connectivity index (χ1v) is 11.2. The summed E-state index contributed by atoms with van der Waals surface area (Å²) in [6, 6.07) is 27.1. The Labute approximate surface area is 179 Å². The zero-order valence-corrected chi connectivity index (χ0v) is 17.4. The van der Waals surface area contributed by atoms with E-state index in [2.05, 4.69) is 60.7 Å². The Kier molecular flexibility index (Phi) is 4.91. The molecular weight excluding hydrogens is 368 g/mol. The molecule has 0 heterocycles. The molecule has 0 bridgehead atoms. The third-order valence-electron chi connectivity index (χ3n) is 7.57. The number of aromatic hydroxyl groups is 1. The molecule has 2 nitrogen and oxygen atoms in total. The Balaban J connectivity index is 1.51. The molecule has 2 unspecified atom stereocenters. The molecule has 0 aromatic heterocycles. The van der Waals surface area contributed by atoms with Gasteiger partial charge in [-0.05, 0) is 78.8 Å². The molecule has 0 spiro atoms. The summed E-state index contributed by atoms with van der Waals surface area (Å²) in [6.07, 6.45) is 6.41. The predicted molar refractivity (Wildman–Crippen MR) is 121 cm³/mol. The number of benzene rings is 3. The van der Waals surface area contributed by atoms with Crippen molar-refractivity contribution >= 4 is 0 Å². The van der Waals surface area contributed by atoms with Crippen molar-refractivity contribution in [1.29, 1.82) is 0 Å². The largest absolute Gasteiger partial charge is 0.508 e. The molecule has 30 heavy (non-hydrogen) atoms. The van der Waals surface area contributed by atoms with Gasteiger partial charge in [-0.15, -0.1) is 0 Å². The van der Waals surface area contributed by atoms with Crippen molar-refractivity contribution in [2.75, 3.05) is 0 Å². The molecule has 2 aliphatic rings. The molecule has 3 aromatic rings. The lowest BCUT2D eigenvalue weighted by atomic mass is 9.52. The van der Waals surface area contributed by atoms with Gasteiger partial charge in [-0.3, -0.25) is 0 Å². The first-order valence-electron chi connectivity index (χ1n) is 11.2. The molecule has 3 aromatic carbocycles. The van der Waals surface area contributed by atoms with E-state index < -0.39 is 5.60 Å². The number of aryl methyl sites for hydroxylation is 1. The highest BCUT2D eigenvalue weighted by atomic mass is 16.3. The molecule has 0 radical (unpaired) electrons. The Bertz CT molecular complexity index is 1010. The minimum Gasteiger partial charge on any atom is -0.508 e. The van der Waals surface area contributed by atoms with Crippen molar-refractivity contribution in [2.45, 2.75) is 56.0 Å². The van der Waals surface area contributed by atoms with Crippen LogP contribution in [0.1, 0.15) is 47.9 Å². The van der Waals surface area contributed by atoms with E-state index in [4.69, 9.17) is 0 Å². The van der Waals surface area contributed by atoms with Crippen molar-refractivity contribution < 1.29 is 10.2 Å². The molecule has 2 aliphatic carbocycles. The lowest BCUT2D eigenvalue weighted by Crippen LogP contribution is -2.52. The summed E-state index contributed by atoms with van der Waals surface area (Å²) in [4.78, 5) is 0. The van der Waals surface area contributed by atoms with Crippen molar-refractivity contribution in [1.82, 2.24) is 0 Å². The van der Waals surface area contributed by atoms with Crippen LogP contribution in [0.4, 0.5) is 0 Å². The van der Waals surface area contributed by atoms with Crippen LogP contribution in [0, 0.1) is 5.92 Å². The lowest BCUT2D eigenvalue weighted by molar-refractivity contribution is -0.0501. The normalized spacial score (nSPS) is 27.8. The Morgan fingerprint density at radius 1 is 0.800 bits per heavy atom. The van der Waals surface area contributed by atoms with Crippen LogP contribution in [0.2, 0.25) is 0 Å². The maximum Gasteiger partial charge on any atom is 0.115 e. The summed E-state index contributed by atoms with van der Waals surface area (Å²) in [6.45, 7) is 0. The minimum atomic E-state index is -0.638. The summed E-state index contributed by atoms with van der Waals surface area (Å²) >= 11 is 0. The van der Waals surface area contributed by atoms with Gasteiger partial charge in [-0.1, -0.05) is 66.7 Å². The molecule has 0 aliphatic heterocycles. The first-order chi connectivity index (χ1) is 14.6. The SMILES string of the molecule is Oc1ccc2c(c1)CCC1CC(O)(Cc3ccccc3)CC[C@@]21Cc1ccccc1. The van der Waals surface area contributed by atoms with Gasteiger partial charge in [0.2, 0.25) is 0 Å². The Hall–Kier alpha value is -2.58. The summed E-state index contributed by atoms with van der Waals surface area (Å²) in [5, 5.41) is 21.7. The molecule has 1 saturated carbocycles. The van der Waals surface area contributed by atoms with Crippen LogP contribution in [0.25, 0.3) is 0 Å². The molecule has 2 heteroatoms. The number of hydrogen-bond donors (Lipinski definition) is 2. The van der Waals surface area contributed by atoms with E-state index >= 15 is 0 Å². The number of phenols is 1. The third kappa shape index (κ3) is 3.54. The predicted octanol–water partition coefficient (Wildman–Crippen LogP) is 5.59. The lowest BCUT2D eigenvalue weighted by Gasteiger charge is -2.53. The quantitative estimate of drug-likeness (QED) is 0.601. The van der Waals surface area contributed by atoms with Crippen LogP contribution in [0.5, 0.6) is 5.75 Å². The number of phenolic OH excluding ortho intramolecular Hbond substituents is 1. The number of aliphatic hydroxyl groups is 1. The number of fused-ring (bicyclic) bond motifs is 3. The van der Waals surface area contributed by atoms with E-state index in [9.17, 15) is 10.2 Å². The van der Waals surface area contributed by atoms with Crippen LogP contribution < -0.4 is 0 Å². The van der Waals surface area contributed by atoms with Crippen LogP contribution in [0.3, 0.4) is 0 Å². The molecule has 154 valence electrons. The average molecular weight is 399 g/mol. The Morgan fingerprint density at radius 2 is 1.47 bits per heavy atom. The summed E-state index contributed by atoms with van der Waals surface area (Å²) < 4.78 is 0. The van der Waals surface area contributed by atoms with E-state index in [0.29, 0.717) is 11.7 Å². The van der Waals surface area contributed by atoms with Gasteiger partial charge in [-0.25, -0.2) is 0 Å². The average Bonchev–Trinajstić information content (AvgIpc) is 2.75. The van der Waals surface area contributed by atoms with Gasteiger partial charge in [-0.2, -0.15) is 0 Å². The molecule has 0 saturated heterocycles. The van der Waals surface area contributed by atoms with E-state index in [1.54, 1.807) is 0 Å². The first kappa shape index (κ1) is 19.4. The van der Waals surface area contributed by atoms with Gasteiger partial charge in [0.1, 0.15) is 5.75 Å². The van der Waals surface area contributed by atoms with Crippen molar-refractivity contribution in [3.8, 4) is 5.75 Å². The van der Waals surface area contributed by atoms with E-state index in [1.807, 2.05) is 18.2 Å². The highest BCUT2D eigenvalue weighted by Gasteiger charge is 2.51. The van der Waals surface area contributed by atoms with Gasteiger partial charge < -0.3 is 10.2 Å². The molecular formula is C28H30O2. The zero-order chi connectivity index (χ0) is 20.6. The fraction of sp³-hybridized carbons (Fsp3) is 0.357. The zero-order valence-electron chi connectivity index (χ0n) is 17.4. The fourth-order valence-electron chi connectivity index (χ4n) is 6.18. The van der Waals surface area contributed by atoms with Crippen LogP contribution in [-0.4, -0.2) is 15.8 Å². The summed E-state index contributed by atoms with van der Waals surface area (Å²) in [5.74, 6) is 0.802. The van der Waals surface area contributed by atoms with Crippen LogP contribution >= 0.6 is 0 Å². The van der Waals surface area contributed by atoms with Crippen molar-refractivity contribution in [2.24, 2.45) is 5.92 Å². The molecule has 1 fully saturated rings. The topological polar surface area (TPSA) is 40.5 Å². The maximum absolute atomic E-state index is 11.6. The molecule has 0 amide bonds. The van der Waals surface area contributed by atoms with Crippen LogP contribution in [-0.2, 0) is 24.7 Å². The summed E-state index contributed by atoms with van der Waals surface area (Å²) in [7, 11) is 0. The number of rotatable bonds is 4. The second kappa shape index (κ2) is 7.59. The van der Waals surface area contributed by atoms with Crippen molar-refractivity contribution in [3.05, 3.63) is 101 Å². The fourth-order valence-corrected chi connectivity index (χ4v) is 6.18. The van der Waals surface area contributed by atoms with E-state index in [1.165, 1.54) is 22.3 Å². The second-order valence-corrected chi connectivity index (χ2v) is 9.49. The van der Waals surface area contributed by atoms with Gasteiger partial charge in [0.05, 0.1) is 5.60 Å². The van der Waals surface area contributed by atoms with Gasteiger partial charge in [0, 0.05) is 11.8 Å². The standard InChI is InChI=1S/C28H30O2/c29-25-13-14-26-23(17-25)11-12-24-20-27(30,18-21-7-3-1-4-8-21)15-16-28(24,26)19-22-9-5-2-6-10-22/h1-10,13-14,17,24,29-30H,11-12,15-16,18-20H2/t24?,27?,28-/m0/s1. The highest BCUT2D eigenvalue weighted by molar-refractivity contribution is 5.44. The maximum atomic E-state index is 11.6. The molecule has 3 atom stereocenters. The van der Waals surface area contributed by atoms with Gasteiger partial charge in [0.15, 0.2) is 0 Å². The molecule has 5 rings (SSSR count). The smallest absolute Gasteiger partial charge is 0.115 e. The van der Waals surface area contributed by atoms with Crippen molar-refractivity contribution in [3.63, 3.8) is 0 Å². The second-order valence-electron chi connectivity index (χ2n) is 9.49. The molecule has 2 N–H and O–H groups in total. The number of hydrogen-bond acceptors (Lipinski definition) is 2. The van der Waals surface area contributed by atoms with E-state index in [0.717, 1.165) is 44.9 Å². The minimum absolute atomic E-state index is 0.0333. The van der Waals surface area contributed by atoms with Gasteiger partial charge in [0.25, 0.3) is 0 Å². The highest BCUT2D eigenvalue weighted by Crippen LogP contribution is 2.55. The third-order valence-corrected chi connectivity index (χ3v) is 7.57. The van der Waals surface area contributed by atoms with Gasteiger partial charge >= 0.3 is 0 Å².